The van der Waals surface area contributed by atoms with Gasteiger partial charge in [-0.25, -0.2) is 0 Å². The second-order valence-electron chi connectivity index (χ2n) is 8.00. The van der Waals surface area contributed by atoms with Gasteiger partial charge in [0.15, 0.2) is 0 Å². The van der Waals surface area contributed by atoms with E-state index in [0.717, 1.165) is 19.3 Å². The Morgan fingerprint density at radius 1 is 1.17 bits per heavy atom. The molecule has 1 heterocycles. The highest BCUT2D eigenvalue weighted by Gasteiger charge is 2.12. The standard InChI is InChI=1S/C27H40O3/c1-6-7-15-23(3)21-25-17-12-9-8-11-16-22(2)20-24(4)26(29-5)18-13-10-14-19-27(28)30-25/h6-13,20-22,25-26H,14-19H2,1-5H3/b7-6+,11-8+,12-9+,13-10+,23-21-,24-20+/t22-,25+,26-/m0/s1. The fourth-order valence-corrected chi connectivity index (χ4v) is 3.36. The van der Waals surface area contributed by atoms with E-state index in [1.165, 1.54) is 11.1 Å². The third-order valence-electron chi connectivity index (χ3n) is 5.06. The molecule has 0 N–H and O–H groups in total. The maximum atomic E-state index is 12.3. The lowest BCUT2D eigenvalue weighted by atomic mass is 9.99. The Bertz CT molecular complexity index is 676. The summed E-state index contributed by atoms with van der Waals surface area (Å²) < 4.78 is 11.4. The van der Waals surface area contributed by atoms with E-state index in [1.807, 2.05) is 19.1 Å². The third-order valence-corrected chi connectivity index (χ3v) is 5.06. The molecule has 0 spiro atoms. The summed E-state index contributed by atoms with van der Waals surface area (Å²) >= 11 is 0. The van der Waals surface area contributed by atoms with Crippen molar-refractivity contribution in [2.45, 2.75) is 78.4 Å². The molecule has 1 aliphatic heterocycles. The molecule has 3 nitrogen and oxygen atoms in total. The predicted molar refractivity (Wildman–Crippen MR) is 127 cm³/mol. The number of ether oxygens (including phenoxy) is 2. The second kappa shape index (κ2) is 15.7. The summed E-state index contributed by atoms with van der Waals surface area (Å²) in [7, 11) is 1.75. The lowest BCUT2D eigenvalue weighted by Crippen LogP contribution is -2.16. The first-order chi connectivity index (χ1) is 14.5. The van der Waals surface area contributed by atoms with E-state index in [4.69, 9.17) is 9.47 Å². The van der Waals surface area contributed by atoms with Crippen molar-refractivity contribution in [2.24, 2.45) is 5.92 Å². The lowest BCUT2D eigenvalue weighted by Gasteiger charge is -2.16. The number of cyclic esters (lactones) is 1. The van der Waals surface area contributed by atoms with Crippen LogP contribution < -0.4 is 0 Å². The van der Waals surface area contributed by atoms with Gasteiger partial charge in [-0.3, -0.25) is 4.79 Å². The van der Waals surface area contributed by atoms with E-state index in [9.17, 15) is 4.79 Å². The Kier molecular flexibility index (Phi) is 13.5. The topological polar surface area (TPSA) is 35.5 Å². The first-order valence-electron chi connectivity index (χ1n) is 11.1. The first kappa shape index (κ1) is 25.9. The fraction of sp³-hybridized carbons (Fsp3) is 0.519. The van der Waals surface area contributed by atoms with Gasteiger partial charge in [-0.1, -0.05) is 67.2 Å². The minimum atomic E-state index is -0.224. The normalized spacial score (nSPS) is 30.6. The SMILES string of the molecule is C/C=C/C/C(C)=C\[C@H]1C/C=C/C=C/C[C@H](C)/C=C(\C)[C@@H](OC)C/C=C/CCC(=O)O1. The van der Waals surface area contributed by atoms with Crippen molar-refractivity contribution in [1.29, 1.82) is 0 Å². The molecule has 0 radical (unpaired) electrons. The highest BCUT2D eigenvalue weighted by Crippen LogP contribution is 2.17. The second-order valence-corrected chi connectivity index (χ2v) is 8.00. The van der Waals surface area contributed by atoms with Crippen LogP contribution in [0.4, 0.5) is 0 Å². The number of esters is 1. The van der Waals surface area contributed by atoms with Gasteiger partial charge in [0.1, 0.15) is 6.10 Å². The molecular weight excluding hydrogens is 372 g/mol. The summed E-state index contributed by atoms with van der Waals surface area (Å²) in [6, 6.07) is 0. The summed E-state index contributed by atoms with van der Waals surface area (Å²) in [6.45, 7) is 8.45. The molecular formula is C27H40O3. The van der Waals surface area contributed by atoms with Crippen molar-refractivity contribution < 1.29 is 14.3 Å². The molecule has 0 aromatic rings. The maximum Gasteiger partial charge on any atom is 0.306 e. The van der Waals surface area contributed by atoms with Crippen LogP contribution in [0.3, 0.4) is 0 Å². The number of methoxy groups -OCH3 is 1. The zero-order chi connectivity index (χ0) is 22.2. The van der Waals surface area contributed by atoms with Crippen LogP contribution in [0.5, 0.6) is 0 Å². The monoisotopic (exact) mass is 412 g/mol. The van der Waals surface area contributed by atoms with Crippen LogP contribution in [-0.2, 0) is 14.3 Å². The minimum Gasteiger partial charge on any atom is -0.458 e. The van der Waals surface area contributed by atoms with E-state index in [0.29, 0.717) is 25.2 Å². The van der Waals surface area contributed by atoms with Crippen LogP contribution in [-0.4, -0.2) is 25.3 Å². The molecule has 166 valence electrons. The molecule has 0 aromatic carbocycles. The number of hydrogen-bond donors (Lipinski definition) is 0. The van der Waals surface area contributed by atoms with Crippen LogP contribution in [0.25, 0.3) is 0 Å². The van der Waals surface area contributed by atoms with Gasteiger partial charge < -0.3 is 9.47 Å². The molecule has 30 heavy (non-hydrogen) atoms. The minimum absolute atomic E-state index is 0.0769. The summed E-state index contributed by atoms with van der Waals surface area (Å²) in [5, 5.41) is 0. The molecule has 1 aliphatic rings. The number of carbonyl (C=O) groups excluding carboxylic acids is 1. The quantitative estimate of drug-likeness (QED) is 0.367. The Labute approximate surface area is 183 Å². The molecule has 0 aromatic heterocycles. The van der Waals surface area contributed by atoms with Crippen molar-refractivity contribution in [3.05, 3.63) is 71.9 Å². The fourth-order valence-electron chi connectivity index (χ4n) is 3.36. The zero-order valence-corrected chi connectivity index (χ0v) is 19.5. The third kappa shape index (κ3) is 11.8. The number of rotatable bonds is 4. The molecule has 1 rings (SSSR count). The van der Waals surface area contributed by atoms with Crippen molar-refractivity contribution in [3.8, 4) is 0 Å². The molecule has 0 bridgehead atoms. The van der Waals surface area contributed by atoms with Crippen LogP contribution >= 0.6 is 0 Å². The summed E-state index contributed by atoms with van der Waals surface area (Å²) in [6.07, 6.45) is 25.3. The van der Waals surface area contributed by atoms with Gasteiger partial charge in [0.05, 0.1) is 6.10 Å². The number of hydrogen-bond acceptors (Lipinski definition) is 3. The predicted octanol–water partition coefficient (Wildman–Crippen LogP) is 7.04. The van der Waals surface area contributed by atoms with E-state index in [-0.39, 0.29) is 18.2 Å². The van der Waals surface area contributed by atoms with Gasteiger partial charge in [0, 0.05) is 20.0 Å². The molecule has 3 heteroatoms. The summed E-state index contributed by atoms with van der Waals surface area (Å²) in [4.78, 5) is 12.3. The Hall–Kier alpha value is -2.13. The van der Waals surface area contributed by atoms with Crippen LogP contribution in [0, 0.1) is 5.92 Å². The Balaban J connectivity index is 2.92. The number of allylic oxidation sites excluding steroid dienone is 8. The molecule has 0 aliphatic carbocycles. The molecule has 0 saturated heterocycles. The van der Waals surface area contributed by atoms with E-state index in [1.54, 1.807) is 7.11 Å². The molecule has 0 saturated carbocycles. The maximum absolute atomic E-state index is 12.3. The van der Waals surface area contributed by atoms with Gasteiger partial charge in [-0.15, -0.1) is 0 Å². The average molecular weight is 413 g/mol. The highest BCUT2D eigenvalue weighted by atomic mass is 16.5. The first-order valence-corrected chi connectivity index (χ1v) is 11.1. The lowest BCUT2D eigenvalue weighted by molar-refractivity contribution is -0.146. The van der Waals surface area contributed by atoms with Crippen molar-refractivity contribution in [2.75, 3.05) is 7.11 Å². The summed E-state index contributed by atoms with van der Waals surface area (Å²) in [5.74, 6) is 0.305. The smallest absolute Gasteiger partial charge is 0.306 e. The number of carbonyl (C=O) groups is 1. The van der Waals surface area contributed by atoms with Crippen molar-refractivity contribution in [3.63, 3.8) is 0 Å². The molecule has 3 atom stereocenters. The van der Waals surface area contributed by atoms with Crippen LogP contribution in [0.15, 0.2) is 71.9 Å². The largest absolute Gasteiger partial charge is 0.458 e. The van der Waals surface area contributed by atoms with Crippen LogP contribution in [0.2, 0.25) is 0 Å². The highest BCUT2D eigenvalue weighted by molar-refractivity contribution is 5.70. The summed E-state index contributed by atoms with van der Waals surface area (Å²) in [5.41, 5.74) is 2.46. The van der Waals surface area contributed by atoms with E-state index in [2.05, 4.69) is 69.4 Å². The zero-order valence-electron chi connectivity index (χ0n) is 19.5. The van der Waals surface area contributed by atoms with Gasteiger partial charge in [-0.05, 0) is 64.0 Å². The van der Waals surface area contributed by atoms with Gasteiger partial charge >= 0.3 is 5.97 Å². The average Bonchev–Trinajstić information content (AvgIpc) is 2.70. The van der Waals surface area contributed by atoms with Gasteiger partial charge in [0.2, 0.25) is 0 Å². The van der Waals surface area contributed by atoms with Crippen molar-refractivity contribution in [1.82, 2.24) is 0 Å². The Morgan fingerprint density at radius 3 is 2.60 bits per heavy atom. The van der Waals surface area contributed by atoms with Gasteiger partial charge in [-0.2, -0.15) is 0 Å². The van der Waals surface area contributed by atoms with Crippen LogP contribution in [0.1, 0.15) is 66.2 Å². The Morgan fingerprint density at radius 2 is 1.90 bits per heavy atom. The molecule has 0 fully saturated rings. The van der Waals surface area contributed by atoms with E-state index < -0.39 is 0 Å². The molecule has 0 amide bonds. The molecule has 0 unspecified atom stereocenters. The van der Waals surface area contributed by atoms with Gasteiger partial charge in [0.25, 0.3) is 0 Å². The van der Waals surface area contributed by atoms with E-state index >= 15 is 0 Å². The van der Waals surface area contributed by atoms with Crippen molar-refractivity contribution >= 4 is 5.97 Å².